The maximum Gasteiger partial charge on any atom is 0.237 e. The van der Waals surface area contributed by atoms with Gasteiger partial charge >= 0.3 is 0 Å². The maximum atomic E-state index is 12.9. The second-order valence-corrected chi connectivity index (χ2v) is 7.31. The Morgan fingerprint density at radius 3 is 2.78 bits per heavy atom. The number of aromatic nitrogens is 3. The van der Waals surface area contributed by atoms with Gasteiger partial charge in [-0.15, -0.1) is 0 Å². The van der Waals surface area contributed by atoms with Crippen molar-refractivity contribution in [3.8, 4) is 0 Å². The molecule has 0 saturated carbocycles. The zero-order chi connectivity index (χ0) is 18.6. The molecular formula is C20H26N6O. The standard InChI is InChI=1S/C20H26N6O/c1-15-6-4-8-17(23-15)24-20-19(21-9-10-22-20)16-7-5-13-26(16)18(27)14-25-11-2-3-12-25/h4,6,8-10,16H,2-3,5,7,11-14H2,1H3,(H,22,23,24)/t16-/m1/s1. The monoisotopic (exact) mass is 366 g/mol. The number of likely N-dealkylation sites (tertiary alicyclic amines) is 2. The quantitative estimate of drug-likeness (QED) is 0.877. The van der Waals surface area contributed by atoms with Crippen molar-refractivity contribution in [2.24, 2.45) is 0 Å². The molecule has 2 aliphatic rings. The van der Waals surface area contributed by atoms with E-state index in [4.69, 9.17) is 0 Å². The van der Waals surface area contributed by atoms with E-state index in [2.05, 4.69) is 25.2 Å². The SMILES string of the molecule is Cc1cccc(Nc2nccnc2[C@H]2CCCN2C(=O)CN2CCCC2)n1. The van der Waals surface area contributed by atoms with Gasteiger partial charge in [0.1, 0.15) is 11.5 Å². The van der Waals surface area contributed by atoms with Crippen LogP contribution in [0.15, 0.2) is 30.6 Å². The molecule has 4 rings (SSSR count). The van der Waals surface area contributed by atoms with Crippen LogP contribution >= 0.6 is 0 Å². The normalized spacial score (nSPS) is 20.2. The predicted molar refractivity (Wildman–Crippen MR) is 104 cm³/mol. The van der Waals surface area contributed by atoms with Crippen molar-refractivity contribution in [3.05, 3.63) is 42.0 Å². The van der Waals surface area contributed by atoms with Crippen LogP contribution in [0, 0.1) is 6.92 Å². The molecule has 7 heteroatoms. The Morgan fingerprint density at radius 1 is 1.15 bits per heavy atom. The van der Waals surface area contributed by atoms with E-state index in [0.717, 1.165) is 49.7 Å². The predicted octanol–water partition coefficient (Wildman–Crippen LogP) is 2.68. The lowest BCUT2D eigenvalue weighted by Gasteiger charge is -2.27. The first-order valence-corrected chi connectivity index (χ1v) is 9.74. The summed E-state index contributed by atoms with van der Waals surface area (Å²) in [5.74, 6) is 1.62. The van der Waals surface area contributed by atoms with E-state index in [-0.39, 0.29) is 11.9 Å². The molecule has 2 fully saturated rings. The molecule has 2 aliphatic heterocycles. The van der Waals surface area contributed by atoms with Crippen molar-refractivity contribution in [1.29, 1.82) is 0 Å². The highest BCUT2D eigenvalue weighted by molar-refractivity contribution is 5.79. The van der Waals surface area contributed by atoms with E-state index >= 15 is 0 Å². The molecule has 0 aromatic carbocycles. The molecule has 0 bridgehead atoms. The summed E-state index contributed by atoms with van der Waals surface area (Å²) in [6.45, 7) is 5.32. The molecule has 1 N–H and O–H groups in total. The number of aryl methyl sites for hydroxylation is 1. The van der Waals surface area contributed by atoms with Crippen molar-refractivity contribution in [3.63, 3.8) is 0 Å². The van der Waals surface area contributed by atoms with Crippen molar-refractivity contribution in [2.75, 3.05) is 31.5 Å². The summed E-state index contributed by atoms with van der Waals surface area (Å²) in [6.07, 6.45) is 7.67. The van der Waals surface area contributed by atoms with Crippen LogP contribution in [0.5, 0.6) is 0 Å². The smallest absolute Gasteiger partial charge is 0.237 e. The van der Waals surface area contributed by atoms with Crippen LogP contribution in [0.2, 0.25) is 0 Å². The van der Waals surface area contributed by atoms with Crippen LogP contribution in [0.4, 0.5) is 11.6 Å². The molecule has 142 valence electrons. The Balaban J connectivity index is 1.54. The molecule has 2 saturated heterocycles. The van der Waals surface area contributed by atoms with Gasteiger partial charge in [0.25, 0.3) is 0 Å². The first-order valence-electron chi connectivity index (χ1n) is 9.74. The van der Waals surface area contributed by atoms with Crippen LogP contribution < -0.4 is 5.32 Å². The van der Waals surface area contributed by atoms with Gasteiger partial charge in [-0.1, -0.05) is 6.07 Å². The largest absolute Gasteiger partial charge is 0.333 e. The maximum absolute atomic E-state index is 12.9. The summed E-state index contributed by atoms with van der Waals surface area (Å²) in [4.78, 5) is 30.7. The molecule has 0 radical (unpaired) electrons. The summed E-state index contributed by atoms with van der Waals surface area (Å²) in [5, 5.41) is 3.29. The average molecular weight is 366 g/mol. The third-order valence-corrected chi connectivity index (χ3v) is 5.31. The second kappa shape index (κ2) is 8.00. The van der Waals surface area contributed by atoms with E-state index in [1.807, 2.05) is 30.0 Å². The number of hydrogen-bond donors (Lipinski definition) is 1. The first-order chi connectivity index (χ1) is 13.2. The molecular weight excluding hydrogens is 340 g/mol. The molecule has 4 heterocycles. The number of anilines is 2. The van der Waals surface area contributed by atoms with Gasteiger partial charge in [0, 0.05) is 24.6 Å². The zero-order valence-corrected chi connectivity index (χ0v) is 15.8. The fourth-order valence-electron chi connectivity index (χ4n) is 4.00. The molecule has 27 heavy (non-hydrogen) atoms. The zero-order valence-electron chi connectivity index (χ0n) is 15.8. The third-order valence-electron chi connectivity index (χ3n) is 5.31. The number of hydrogen-bond acceptors (Lipinski definition) is 6. The summed E-state index contributed by atoms with van der Waals surface area (Å²) in [6, 6.07) is 5.80. The molecule has 1 atom stereocenters. The molecule has 7 nitrogen and oxygen atoms in total. The molecule has 1 amide bonds. The van der Waals surface area contributed by atoms with Crippen LogP contribution in [0.1, 0.15) is 43.1 Å². The van der Waals surface area contributed by atoms with Crippen LogP contribution in [0.25, 0.3) is 0 Å². The van der Waals surface area contributed by atoms with E-state index in [1.54, 1.807) is 12.4 Å². The van der Waals surface area contributed by atoms with Crippen molar-refractivity contribution < 1.29 is 4.79 Å². The second-order valence-electron chi connectivity index (χ2n) is 7.31. The summed E-state index contributed by atoms with van der Waals surface area (Å²) in [5.41, 5.74) is 1.77. The Kier molecular flexibility index (Phi) is 5.29. The number of carbonyl (C=O) groups is 1. The highest BCUT2D eigenvalue weighted by Gasteiger charge is 2.33. The Hall–Kier alpha value is -2.54. The van der Waals surface area contributed by atoms with Gasteiger partial charge in [0.2, 0.25) is 5.91 Å². The topological polar surface area (TPSA) is 74.2 Å². The number of rotatable bonds is 5. The summed E-state index contributed by atoms with van der Waals surface area (Å²) in [7, 11) is 0. The minimum atomic E-state index is -0.0267. The first kappa shape index (κ1) is 17.9. The molecule has 0 spiro atoms. The number of amides is 1. The van der Waals surface area contributed by atoms with Gasteiger partial charge < -0.3 is 10.2 Å². The highest BCUT2D eigenvalue weighted by Crippen LogP contribution is 2.34. The van der Waals surface area contributed by atoms with E-state index in [9.17, 15) is 4.79 Å². The minimum Gasteiger partial charge on any atom is -0.333 e. The molecule has 0 aliphatic carbocycles. The Morgan fingerprint density at radius 2 is 1.96 bits per heavy atom. The number of nitrogens with one attached hydrogen (secondary N) is 1. The van der Waals surface area contributed by atoms with Gasteiger partial charge in [0.05, 0.1) is 12.6 Å². The number of carbonyl (C=O) groups excluding carboxylic acids is 1. The van der Waals surface area contributed by atoms with Gasteiger partial charge in [-0.2, -0.15) is 0 Å². The van der Waals surface area contributed by atoms with Gasteiger partial charge in [-0.25, -0.2) is 9.97 Å². The number of pyridine rings is 1. The lowest BCUT2D eigenvalue weighted by Crippen LogP contribution is -2.39. The summed E-state index contributed by atoms with van der Waals surface area (Å²) < 4.78 is 0. The van der Waals surface area contributed by atoms with Gasteiger partial charge in [0.15, 0.2) is 5.82 Å². The molecule has 0 unspecified atom stereocenters. The van der Waals surface area contributed by atoms with E-state index < -0.39 is 0 Å². The Labute approximate surface area is 159 Å². The van der Waals surface area contributed by atoms with Crippen molar-refractivity contribution >= 4 is 17.5 Å². The van der Waals surface area contributed by atoms with Crippen molar-refractivity contribution in [2.45, 2.75) is 38.6 Å². The van der Waals surface area contributed by atoms with Crippen LogP contribution in [-0.2, 0) is 4.79 Å². The lowest BCUT2D eigenvalue weighted by molar-refractivity contribution is -0.133. The summed E-state index contributed by atoms with van der Waals surface area (Å²) >= 11 is 0. The fraction of sp³-hybridized carbons (Fsp3) is 0.500. The van der Waals surface area contributed by atoms with E-state index in [1.165, 1.54) is 12.8 Å². The van der Waals surface area contributed by atoms with Crippen LogP contribution in [0.3, 0.4) is 0 Å². The minimum absolute atomic E-state index is 0.0267. The lowest BCUT2D eigenvalue weighted by atomic mass is 10.1. The fourth-order valence-corrected chi connectivity index (χ4v) is 4.00. The van der Waals surface area contributed by atoms with Crippen molar-refractivity contribution in [1.82, 2.24) is 24.8 Å². The average Bonchev–Trinajstić information content (AvgIpc) is 3.34. The van der Waals surface area contributed by atoms with Crippen LogP contribution in [-0.4, -0.2) is 56.8 Å². The molecule has 2 aromatic rings. The highest BCUT2D eigenvalue weighted by atomic mass is 16.2. The van der Waals surface area contributed by atoms with E-state index in [0.29, 0.717) is 12.4 Å². The Bertz CT molecular complexity index is 805. The third kappa shape index (κ3) is 4.08. The molecule has 2 aromatic heterocycles. The van der Waals surface area contributed by atoms with Gasteiger partial charge in [-0.05, 0) is 57.8 Å². The number of nitrogens with zero attached hydrogens (tertiary/aromatic N) is 5. The van der Waals surface area contributed by atoms with Gasteiger partial charge in [-0.3, -0.25) is 14.7 Å².